The van der Waals surface area contributed by atoms with Crippen LogP contribution in [0.2, 0.25) is 0 Å². The first-order valence-electron chi connectivity index (χ1n) is 12.2. The molecule has 0 aliphatic rings. The molecule has 5 rings (SSSR count). The van der Waals surface area contributed by atoms with Gasteiger partial charge in [-0.15, -0.1) is 24.3 Å². The molecule has 5 aromatic rings. The molecule has 0 aliphatic carbocycles. The molecule has 4 nitrogen and oxygen atoms in total. The van der Waals surface area contributed by atoms with Crippen LogP contribution in [0.4, 0.5) is 0 Å². The summed E-state index contributed by atoms with van der Waals surface area (Å²) >= 11 is 0. The van der Waals surface area contributed by atoms with Gasteiger partial charge >= 0.3 is 0 Å². The van der Waals surface area contributed by atoms with E-state index < -0.39 is 0 Å². The topological polar surface area (TPSA) is 35.1 Å². The van der Waals surface area contributed by atoms with Gasteiger partial charge < -0.3 is 16.4 Å². The predicted molar refractivity (Wildman–Crippen MR) is 149 cm³/mol. The zero-order chi connectivity index (χ0) is 24.4. The zero-order valence-electron chi connectivity index (χ0n) is 23.7. The number of pyridine rings is 1. The van der Waals surface area contributed by atoms with Gasteiger partial charge in [-0.1, -0.05) is 70.5 Å². The molecule has 0 bridgehead atoms. The van der Waals surface area contributed by atoms with Crippen LogP contribution in [0.3, 0.4) is 0 Å². The molecule has 0 saturated heterocycles. The van der Waals surface area contributed by atoms with E-state index in [1.54, 1.807) is 0 Å². The standard InChI is InChI=1S/C30H35N4.CH3.Ir.Y/c1-19-12-11-13-20(2)25(19)23-17-31-27-22-15-10-9-14-21(22)26-28(34(23)27)32-24(16-29(3,4)5)33(26)18-30(6,7)8;;;/h9-14,17H,16,18H2,1-8H3;1H3;;/q2*-1;;. The minimum atomic E-state index is 0. The van der Waals surface area contributed by atoms with Crippen LogP contribution >= 0.6 is 0 Å². The minimum Gasteiger partial charge on any atom is -0.358 e. The Balaban J connectivity index is 0.00000160. The van der Waals surface area contributed by atoms with Crippen molar-refractivity contribution in [2.75, 3.05) is 0 Å². The van der Waals surface area contributed by atoms with Crippen LogP contribution < -0.4 is 0 Å². The Morgan fingerprint density at radius 1 is 0.892 bits per heavy atom. The summed E-state index contributed by atoms with van der Waals surface area (Å²) < 4.78 is 4.74. The van der Waals surface area contributed by atoms with Crippen LogP contribution in [0, 0.1) is 38.2 Å². The van der Waals surface area contributed by atoms with E-state index in [1.807, 2.05) is 12.3 Å². The molecule has 196 valence electrons. The van der Waals surface area contributed by atoms with Crippen LogP contribution in [-0.4, -0.2) is 18.9 Å². The number of benzene rings is 2. The molecular formula is C31H38IrN4Y-2. The number of aryl methyl sites for hydroxylation is 2. The second kappa shape index (κ2) is 11.4. The summed E-state index contributed by atoms with van der Waals surface area (Å²) in [5.74, 6) is 1.14. The summed E-state index contributed by atoms with van der Waals surface area (Å²) in [7, 11) is 0. The van der Waals surface area contributed by atoms with Gasteiger partial charge in [-0.05, 0) is 35.8 Å². The van der Waals surface area contributed by atoms with E-state index in [4.69, 9.17) is 9.97 Å². The fraction of sp³-hybridized carbons (Fsp3) is 0.387. The fourth-order valence-corrected chi connectivity index (χ4v) is 5.12. The number of rotatable bonds is 3. The van der Waals surface area contributed by atoms with Crippen LogP contribution in [0.1, 0.15) is 58.5 Å². The molecule has 2 radical (unpaired) electrons. The van der Waals surface area contributed by atoms with E-state index in [9.17, 15) is 0 Å². The van der Waals surface area contributed by atoms with Crippen molar-refractivity contribution in [1.29, 1.82) is 0 Å². The van der Waals surface area contributed by atoms with Gasteiger partial charge in [0.05, 0.1) is 11.3 Å². The van der Waals surface area contributed by atoms with Crippen molar-refractivity contribution in [3.8, 4) is 11.3 Å². The van der Waals surface area contributed by atoms with Gasteiger partial charge in [0, 0.05) is 83.1 Å². The number of nitrogens with zero attached hydrogens (tertiary/aromatic N) is 4. The van der Waals surface area contributed by atoms with Crippen molar-refractivity contribution in [1.82, 2.24) is 18.9 Å². The van der Waals surface area contributed by atoms with Crippen molar-refractivity contribution >= 4 is 27.6 Å². The average molecular weight is 748 g/mol. The van der Waals surface area contributed by atoms with E-state index in [0.717, 1.165) is 41.2 Å². The third-order valence-electron chi connectivity index (χ3n) is 6.39. The van der Waals surface area contributed by atoms with E-state index in [2.05, 4.69) is 101 Å². The monoisotopic (exact) mass is 748 g/mol. The molecule has 0 saturated carbocycles. The fourth-order valence-electron chi connectivity index (χ4n) is 5.12. The number of fused-ring (bicyclic) bond motifs is 6. The Morgan fingerprint density at radius 3 is 2.14 bits per heavy atom. The first-order chi connectivity index (χ1) is 15.9. The third-order valence-corrected chi connectivity index (χ3v) is 6.39. The third kappa shape index (κ3) is 5.96. The van der Waals surface area contributed by atoms with E-state index in [1.165, 1.54) is 27.6 Å². The Kier molecular flexibility index (Phi) is 9.79. The Labute approximate surface area is 260 Å². The summed E-state index contributed by atoms with van der Waals surface area (Å²) in [4.78, 5) is 10.3. The molecular weight excluding hydrogens is 709 g/mol. The summed E-state index contributed by atoms with van der Waals surface area (Å²) in [5.41, 5.74) is 8.15. The Hall–Kier alpha value is -1.39. The van der Waals surface area contributed by atoms with Crippen molar-refractivity contribution in [3.05, 3.63) is 73.0 Å². The van der Waals surface area contributed by atoms with Gasteiger partial charge in [-0.25, -0.2) is 4.98 Å². The minimum absolute atomic E-state index is 0. The number of hydrogen-bond acceptors (Lipinski definition) is 2. The Morgan fingerprint density at radius 2 is 1.54 bits per heavy atom. The Bertz CT molecular complexity index is 1530. The maximum atomic E-state index is 5.35. The number of imidazole rings is 2. The quantitative estimate of drug-likeness (QED) is 0.176. The number of hydrogen-bond donors (Lipinski definition) is 0. The molecule has 0 spiro atoms. The molecule has 0 unspecified atom stereocenters. The molecule has 37 heavy (non-hydrogen) atoms. The first-order valence-corrected chi connectivity index (χ1v) is 12.2. The van der Waals surface area contributed by atoms with Gasteiger partial charge in [0.2, 0.25) is 0 Å². The van der Waals surface area contributed by atoms with Gasteiger partial charge in [0.25, 0.3) is 0 Å². The van der Waals surface area contributed by atoms with Crippen molar-refractivity contribution in [2.45, 2.75) is 68.4 Å². The van der Waals surface area contributed by atoms with Crippen molar-refractivity contribution < 1.29 is 52.8 Å². The molecule has 0 fully saturated rings. The maximum Gasteiger partial charge on any atom is 0.147 e. The van der Waals surface area contributed by atoms with Gasteiger partial charge in [0.1, 0.15) is 11.5 Å². The van der Waals surface area contributed by atoms with Crippen LogP contribution in [0.5, 0.6) is 0 Å². The van der Waals surface area contributed by atoms with Gasteiger partial charge in [0.15, 0.2) is 0 Å². The predicted octanol–water partition coefficient (Wildman–Crippen LogP) is 8.00. The number of aromatic nitrogens is 4. The summed E-state index contributed by atoms with van der Waals surface area (Å²) in [5, 5.41) is 2.21. The van der Waals surface area contributed by atoms with E-state index in [-0.39, 0.29) is 71.1 Å². The van der Waals surface area contributed by atoms with Gasteiger partial charge in [-0.3, -0.25) is 4.98 Å². The van der Waals surface area contributed by atoms with E-state index >= 15 is 0 Å². The van der Waals surface area contributed by atoms with Crippen molar-refractivity contribution in [2.24, 2.45) is 10.8 Å². The van der Waals surface area contributed by atoms with Gasteiger partial charge in [-0.2, -0.15) is 0 Å². The second-order valence-electron chi connectivity index (χ2n) is 12.1. The SMILES string of the molecule is Cc1cccc(C)c1-c1cnc2c3[c-]cccc3c3c(nc(CC(C)(C)C)n3CC(C)(C)C)n12.[CH3-].[Ir].[Y]. The smallest absolute Gasteiger partial charge is 0.147 e. The molecule has 3 aromatic heterocycles. The zero-order valence-corrected chi connectivity index (χ0v) is 28.9. The second-order valence-corrected chi connectivity index (χ2v) is 12.1. The first kappa shape index (κ1) is 31.8. The molecule has 3 heterocycles. The largest absolute Gasteiger partial charge is 0.358 e. The molecule has 0 N–H and O–H groups in total. The van der Waals surface area contributed by atoms with Crippen LogP contribution in [-0.2, 0) is 65.8 Å². The summed E-state index contributed by atoms with van der Waals surface area (Å²) in [6, 6.07) is 16.2. The van der Waals surface area contributed by atoms with Crippen LogP contribution in [0.15, 0.2) is 42.6 Å². The molecule has 0 amide bonds. The molecule has 0 aliphatic heterocycles. The van der Waals surface area contributed by atoms with Crippen molar-refractivity contribution in [3.63, 3.8) is 0 Å². The summed E-state index contributed by atoms with van der Waals surface area (Å²) in [6.45, 7) is 19.0. The van der Waals surface area contributed by atoms with Crippen LogP contribution in [0.25, 0.3) is 38.8 Å². The summed E-state index contributed by atoms with van der Waals surface area (Å²) in [6.07, 6.45) is 2.92. The molecule has 6 heteroatoms. The average Bonchev–Trinajstić information content (AvgIpc) is 3.28. The normalized spacial score (nSPS) is 11.9. The molecule has 2 aromatic carbocycles. The molecule has 0 atom stereocenters. The van der Waals surface area contributed by atoms with E-state index in [0.29, 0.717) is 0 Å². The maximum absolute atomic E-state index is 5.35.